The molecule has 4 fully saturated rings. The molecule has 0 aromatic heterocycles. The van der Waals surface area contributed by atoms with Crippen molar-refractivity contribution >= 4 is 23.4 Å². The maximum absolute atomic E-state index is 14.4. The summed E-state index contributed by atoms with van der Waals surface area (Å²) in [6, 6.07) is 7.17. The number of amides is 3. The second-order valence-electron chi connectivity index (χ2n) is 14.1. The van der Waals surface area contributed by atoms with Crippen LogP contribution in [0.2, 0.25) is 0 Å². The molecule has 43 heavy (non-hydrogen) atoms. The van der Waals surface area contributed by atoms with Crippen LogP contribution in [0.15, 0.2) is 36.4 Å². The Kier molecular flexibility index (Phi) is 8.71. The monoisotopic (exact) mass is 590 g/mol. The first-order chi connectivity index (χ1) is 20.7. The van der Waals surface area contributed by atoms with Gasteiger partial charge in [-0.2, -0.15) is 0 Å². The zero-order valence-corrected chi connectivity index (χ0v) is 26.4. The first-order valence-electron chi connectivity index (χ1n) is 16.8. The highest BCUT2D eigenvalue weighted by molar-refractivity contribution is 6.02. The highest BCUT2D eigenvalue weighted by atomic mass is 16.5. The van der Waals surface area contributed by atoms with Gasteiger partial charge in [0.05, 0.1) is 17.9 Å². The van der Waals surface area contributed by atoms with Gasteiger partial charge < -0.3 is 25.2 Å². The second kappa shape index (κ2) is 12.4. The fourth-order valence-electron chi connectivity index (χ4n) is 8.34. The van der Waals surface area contributed by atoms with Crippen LogP contribution in [-0.2, 0) is 19.1 Å². The lowest BCUT2D eigenvalue weighted by Gasteiger charge is -2.38. The quantitative estimate of drug-likeness (QED) is 0.428. The first kappa shape index (κ1) is 30.3. The van der Waals surface area contributed by atoms with Crippen LogP contribution in [0.4, 0.5) is 5.69 Å². The van der Waals surface area contributed by atoms with Crippen LogP contribution in [0.5, 0.6) is 0 Å². The summed E-state index contributed by atoms with van der Waals surface area (Å²) in [6.07, 6.45) is 11.3. The number of ether oxygens (including phenoxy) is 1. The number of carbonyl (C=O) groups excluding carboxylic acids is 3. The summed E-state index contributed by atoms with van der Waals surface area (Å²) >= 11 is 0. The summed E-state index contributed by atoms with van der Waals surface area (Å²) in [5.74, 6) is -0.617. The van der Waals surface area contributed by atoms with Crippen molar-refractivity contribution in [3.63, 3.8) is 0 Å². The molecule has 234 valence electrons. The molecule has 8 heteroatoms. The van der Waals surface area contributed by atoms with Crippen molar-refractivity contribution in [1.82, 2.24) is 15.1 Å². The van der Waals surface area contributed by atoms with Crippen molar-refractivity contribution in [3.05, 3.63) is 42.0 Å². The molecule has 1 aromatic rings. The number of nitrogens with zero attached hydrogens (tertiary/aromatic N) is 2. The third kappa shape index (κ3) is 5.66. The molecule has 1 spiro atoms. The topological polar surface area (TPSA) is 91.0 Å². The minimum Gasteiger partial charge on any atom is -0.359 e. The molecule has 1 saturated carbocycles. The van der Waals surface area contributed by atoms with Gasteiger partial charge in [-0.05, 0) is 67.8 Å². The molecule has 1 aromatic carbocycles. The van der Waals surface area contributed by atoms with E-state index in [4.69, 9.17) is 4.74 Å². The lowest BCUT2D eigenvalue weighted by Crippen LogP contribution is -2.58. The molecular weight excluding hydrogens is 540 g/mol. The zero-order chi connectivity index (χ0) is 30.3. The normalized spacial score (nSPS) is 35.7. The summed E-state index contributed by atoms with van der Waals surface area (Å²) < 4.78 is 6.58. The Morgan fingerprint density at radius 2 is 1.70 bits per heavy atom. The van der Waals surface area contributed by atoms with Crippen molar-refractivity contribution in [2.45, 2.75) is 102 Å². The van der Waals surface area contributed by atoms with Crippen molar-refractivity contribution < 1.29 is 19.1 Å². The van der Waals surface area contributed by atoms with E-state index < -0.39 is 29.6 Å². The fourth-order valence-corrected chi connectivity index (χ4v) is 8.34. The molecule has 6 unspecified atom stereocenters. The molecule has 8 atom stereocenters. The van der Waals surface area contributed by atoms with Crippen LogP contribution in [0.1, 0.15) is 84.1 Å². The van der Waals surface area contributed by atoms with Crippen LogP contribution >= 0.6 is 0 Å². The molecule has 8 nitrogen and oxygen atoms in total. The van der Waals surface area contributed by atoms with Gasteiger partial charge in [0.25, 0.3) is 0 Å². The minimum absolute atomic E-state index is 0.0738. The number of rotatable bonds is 8. The molecule has 1 aliphatic carbocycles. The van der Waals surface area contributed by atoms with Crippen LogP contribution < -0.4 is 10.6 Å². The lowest BCUT2D eigenvalue weighted by atomic mass is 9.73. The van der Waals surface area contributed by atoms with Gasteiger partial charge in [0.1, 0.15) is 11.6 Å². The van der Waals surface area contributed by atoms with Gasteiger partial charge in [-0.15, -0.1) is 0 Å². The summed E-state index contributed by atoms with van der Waals surface area (Å²) in [4.78, 5) is 46.6. The van der Waals surface area contributed by atoms with Gasteiger partial charge in [0.15, 0.2) is 0 Å². The predicted molar refractivity (Wildman–Crippen MR) is 167 cm³/mol. The number of benzene rings is 1. The molecule has 2 bridgehead atoms. The molecule has 6 rings (SSSR count). The molecule has 2 N–H and O–H groups in total. The van der Waals surface area contributed by atoms with Crippen molar-refractivity contribution in [3.8, 4) is 0 Å². The third-order valence-corrected chi connectivity index (χ3v) is 11.2. The van der Waals surface area contributed by atoms with Gasteiger partial charge in [0, 0.05) is 24.8 Å². The molecule has 4 aliphatic heterocycles. The van der Waals surface area contributed by atoms with Crippen LogP contribution in [-0.4, -0.2) is 77.5 Å². The van der Waals surface area contributed by atoms with Gasteiger partial charge in [-0.25, -0.2) is 0 Å². The van der Waals surface area contributed by atoms with Crippen LogP contribution in [0.3, 0.4) is 0 Å². The van der Waals surface area contributed by atoms with Crippen molar-refractivity contribution in [1.29, 1.82) is 0 Å². The first-order valence-corrected chi connectivity index (χ1v) is 16.8. The second-order valence-corrected chi connectivity index (χ2v) is 14.1. The van der Waals surface area contributed by atoms with E-state index in [0.717, 1.165) is 45.3 Å². The number of anilines is 1. The largest absolute Gasteiger partial charge is 0.359 e. The third-order valence-electron chi connectivity index (χ3n) is 11.2. The van der Waals surface area contributed by atoms with Gasteiger partial charge in [0.2, 0.25) is 17.7 Å². The number of hydrogen-bond acceptors (Lipinski definition) is 5. The number of nitrogens with one attached hydrogen (secondary N) is 2. The van der Waals surface area contributed by atoms with E-state index in [0.29, 0.717) is 30.0 Å². The summed E-state index contributed by atoms with van der Waals surface area (Å²) in [5.41, 5.74) is 0.774. The fraction of sp³-hybridized carbons (Fsp3) is 0.686. The molecule has 0 radical (unpaired) electrons. The zero-order valence-electron chi connectivity index (χ0n) is 26.4. The lowest BCUT2D eigenvalue weighted by molar-refractivity contribution is -0.141. The molecular formula is C35H50N4O4. The van der Waals surface area contributed by atoms with E-state index >= 15 is 0 Å². The smallest absolute Gasteiger partial charge is 0.246 e. The van der Waals surface area contributed by atoms with Crippen molar-refractivity contribution in [2.24, 2.45) is 23.7 Å². The average Bonchev–Trinajstić information content (AvgIpc) is 3.53. The van der Waals surface area contributed by atoms with Crippen molar-refractivity contribution in [2.75, 3.05) is 31.5 Å². The number of carbonyl (C=O) groups is 3. The van der Waals surface area contributed by atoms with E-state index in [2.05, 4.69) is 43.2 Å². The summed E-state index contributed by atoms with van der Waals surface area (Å²) in [7, 11) is 0. The molecule has 3 saturated heterocycles. The van der Waals surface area contributed by atoms with Crippen LogP contribution in [0.25, 0.3) is 0 Å². The standard InChI is InChI=1S/C35H50N4O4/c1-22(2)25-12-14-26(15-13-25)36-32(40)29-28-16-17-35(43-28)30(29)34(42)39(21-20-38-18-7-5-6-8-19-38)31(35)33(41)37-27-11-9-10-23(3)24(27)4/h12-17,22-24,27-31H,5-11,18-21H2,1-4H3,(H,36,40)(H,37,41)/t23?,24?,27?,28-,29?,30-,31?,35?/m1/s1. The highest BCUT2D eigenvalue weighted by Gasteiger charge is 2.72. The SMILES string of the molecule is CC(C)c1ccc(NC(=O)C2[C@H]3C=CC4(O3)C(C(=O)NC3CCCC(C)C3C)N(CCN3CCCCCC3)C(=O)[C@@H]24)cc1. The van der Waals surface area contributed by atoms with E-state index in [1.54, 1.807) is 4.90 Å². The number of hydrogen-bond donors (Lipinski definition) is 2. The minimum atomic E-state index is -1.13. The summed E-state index contributed by atoms with van der Waals surface area (Å²) in [6.45, 7) is 12.0. The molecule has 3 amide bonds. The van der Waals surface area contributed by atoms with E-state index in [1.807, 2.05) is 36.4 Å². The summed E-state index contributed by atoms with van der Waals surface area (Å²) in [5, 5.41) is 6.43. The Bertz CT molecular complexity index is 1220. The highest BCUT2D eigenvalue weighted by Crippen LogP contribution is 2.55. The number of likely N-dealkylation sites (tertiary alicyclic amines) is 2. The van der Waals surface area contributed by atoms with Crippen LogP contribution in [0, 0.1) is 23.7 Å². The number of fused-ring (bicyclic) bond motifs is 1. The molecule has 5 aliphatic rings. The van der Waals surface area contributed by atoms with E-state index in [-0.39, 0.29) is 23.8 Å². The van der Waals surface area contributed by atoms with E-state index in [1.165, 1.54) is 24.8 Å². The average molecular weight is 591 g/mol. The predicted octanol–water partition coefficient (Wildman–Crippen LogP) is 4.72. The maximum Gasteiger partial charge on any atom is 0.246 e. The molecule has 4 heterocycles. The Balaban J connectivity index is 1.25. The van der Waals surface area contributed by atoms with Gasteiger partial charge in [-0.1, -0.05) is 77.7 Å². The van der Waals surface area contributed by atoms with Gasteiger partial charge >= 0.3 is 0 Å². The Morgan fingerprint density at radius 3 is 2.40 bits per heavy atom. The Hall–Kier alpha value is -2.71. The Labute approximate surface area is 257 Å². The Morgan fingerprint density at radius 1 is 0.977 bits per heavy atom. The van der Waals surface area contributed by atoms with E-state index in [9.17, 15) is 14.4 Å². The maximum atomic E-state index is 14.4. The van der Waals surface area contributed by atoms with Gasteiger partial charge in [-0.3, -0.25) is 14.4 Å².